The average Bonchev–Trinajstić information content (AvgIpc) is 2.74. The second kappa shape index (κ2) is 31.8. The summed E-state index contributed by atoms with van der Waals surface area (Å²) in [6.45, 7) is 2.67. The first-order valence-electron chi connectivity index (χ1n) is 14.0. The average molecular weight is 476 g/mol. The van der Waals surface area contributed by atoms with E-state index in [-0.39, 0.29) is 19.5 Å². The topological polar surface area (TPSA) is 20.2 Å². The molecule has 0 unspecified atom stereocenters. The van der Waals surface area contributed by atoms with Gasteiger partial charge in [-0.1, -0.05) is 167 Å². The normalized spacial score (nSPS) is 11.0. The fourth-order valence-corrected chi connectivity index (χ4v) is 4.43. The van der Waals surface area contributed by atoms with Crippen LogP contribution < -0.4 is 0 Å². The zero-order valence-corrected chi connectivity index (χ0v) is 24.2. The van der Waals surface area contributed by atoms with Gasteiger partial charge < -0.3 is 5.11 Å². The van der Waals surface area contributed by atoms with Crippen molar-refractivity contribution < 1.29 is 24.6 Å². The van der Waals surface area contributed by atoms with Crippen LogP contribution >= 0.6 is 0 Å². The molecule has 0 radical (unpaired) electrons. The van der Waals surface area contributed by atoms with E-state index in [1.807, 2.05) is 0 Å². The maximum atomic E-state index is 8.75. The quantitative estimate of drug-likeness (QED) is 0.0973. The van der Waals surface area contributed by atoms with E-state index in [1.165, 1.54) is 161 Å². The largest absolute Gasteiger partial charge is 0.396 e. The van der Waals surface area contributed by atoms with Crippen molar-refractivity contribution in [1.29, 1.82) is 0 Å². The third kappa shape index (κ3) is 30.8. The molecule has 0 fully saturated rings. The molecular formula is C28H58OZn. The van der Waals surface area contributed by atoms with E-state index in [9.17, 15) is 0 Å². The molecule has 30 heavy (non-hydrogen) atoms. The van der Waals surface area contributed by atoms with Crippen LogP contribution in [0.2, 0.25) is 0 Å². The molecule has 1 N–H and O–H groups in total. The van der Waals surface area contributed by atoms with Crippen LogP contribution in [0.4, 0.5) is 0 Å². The molecule has 1 nitrogen and oxygen atoms in total. The van der Waals surface area contributed by atoms with Gasteiger partial charge in [-0.2, -0.15) is 0 Å². The van der Waals surface area contributed by atoms with Crippen molar-refractivity contribution in [3.05, 3.63) is 0 Å². The summed E-state index contributed by atoms with van der Waals surface area (Å²) in [6.07, 6.45) is 37.1. The Balaban J connectivity index is 0. The molecule has 0 aromatic rings. The van der Waals surface area contributed by atoms with Crippen molar-refractivity contribution in [2.24, 2.45) is 0 Å². The first kappa shape index (κ1) is 32.8. The minimum atomic E-state index is 0. The zero-order valence-electron chi connectivity index (χ0n) is 21.2. The van der Waals surface area contributed by atoms with Gasteiger partial charge in [-0.15, -0.1) is 0 Å². The Hall–Kier alpha value is 0.583. The van der Waals surface area contributed by atoms with Crippen LogP contribution in [-0.2, 0) is 19.5 Å². The summed E-state index contributed by atoms with van der Waals surface area (Å²) in [5, 5.41) is 8.75. The van der Waals surface area contributed by atoms with Crippen LogP contribution in [0.15, 0.2) is 0 Å². The van der Waals surface area contributed by atoms with Gasteiger partial charge in [-0.05, 0) is 6.42 Å². The van der Waals surface area contributed by atoms with Crippen molar-refractivity contribution in [1.82, 2.24) is 0 Å². The Kier molecular flexibility index (Phi) is 34.7. The Morgan fingerprint density at radius 1 is 0.300 bits per heavy atom. The fourth-order valence-electron chi connectivity index (χ4n) is 4.43. The molecular weight excluding hydrogens is 418 g/mol. The first-order valence-corrected chi connectivity index (χ1v) is 14.0. The van der Waals surface area contributed by atoms with Crippen LogP contribution in [0.1, 0.15) is 174 Å². The Morgan fingerprint density at radius 2 is 0.467 bits per heavy atom. The van der Waals surface area contributed by atoms with Crippen molar-refractivity contribution in [3.8, 4) is 0 Å². The predicted octanol–water partition coefficient (Wildman–Crippen LogP) is 10.1. The molecule has 0 aliphatic rings. The molecule has 2 heteroatoms. The third-order valence-electron chi connectivity index (χ3n) is 6.51. The summed E-state index contributed by atoms with van der Waals surface area (Å²) in [4.78, 5) is 0. The van der Waals surface area contributed by atoms with E-state index in [2.05, 4.69) is 6.92 Å². The predicted molar refractivity (Wildman–Crippen MR) is 133 cm³/mol. The molecule has 0 heterocycles. The SMILES string of the molecule is CCCCCCCCCCCCCCCCCCCCCCCCCCCCO.[Zn]. The summed E-state index contributed by atoms with van der Waals surface area (Å²) < 4.78 is 0. The second-order valence-electron chi connectivity index (χ2n) is 9.56. The monoisotopic (exact) mass is 474 g/mol. The maximum absolute atomic E-state index is 8.75. The van der Waals surface area contributed by atoms with E-state index in [4.69, 9.17) is 5.11 Å². The molecule has 0 aromatic heterocycles. The van der Waals surface area contributed by atoms with Gasteiger partial charge >= 0.3 is 0 Å². The smallest absolute Gasteiger partial charge is 0.0431 e. The molecule has 0 amide bonds. The first-order chi connectivity index (χ1) is 14.4. The van der Waals surface area contributed by atoms with E-state index in [1.54, 1.807) is 0 Å². The van der Waals surface area contributed by atoms with Crippen LogP contribution in [0.25, 0.3) is 0 Å². The maximum Gasteiger partial charge on any atom is 0.0431 e. The fraction of sp³-hybridized carbons (Fsp3) is 1.00. The summed E-state index contributed by atoms with van der Waals surface area (Å²) in [6, 6.07) is 0. The summed E-state index contributed by atoms with van der Waals surface area (Å²) >= 11 is 0. The molecule has 0 spiro atoms. The summed E-state index contributed by atoms with van der Waals surface area (Å²) in [5.41, 5.74) is 0. The van der Waals surface area contributed by atoms with Crippen molar-refractivity contribution in [2.45, 2.75) is 174 Å². The standard InChI is InChI=1S/C28H58O.Zn/c1-2-3-4-5-6-7-8-9-10-11-12-13-14-15-16-17-18-19-20-21-22-23-24-25-26-27-28-29;/h29H,2-28H2,1H3;. The molecule has 0 aromatic carbocycles. The minimum absolute atomic E-state index is 0. The van der Waals surface area contributed by atoms with E-state index < -0.39 is 0 Å². The molecule has 0 aliphatic heterocycles. The van der Waals surface area contributed by atoms with E-state index in [0.717, 1.165) is 6.42 Å². The minimum Gasteiger partial charge on any atom is -0.396 e. The summed E-state index contributed by atoms with van der Waals surface area (Å²) in [7, 11) is 0. The molecule has 0 bridgehead atoms. The number of aliphatic hydroxyl groups excluding tert-OH is 1. The van der Waals surface area contributed by atoms with Crippen LogP contribution in [-0.4, -0.2) is 11.7 Å². The van der Waals surface area contributed by atoms with Crippen molar-refractivity contribution in [2.75, 3.05) is 6.61 Å². The second-order valence-corrected chi connectivity index (χ2v) is 9.56. The third-order valence-corrected chi connectivity index (χ3v) is 6.51. The Labute approximate surface area is 204 Å². The number of rotatable bonds is 26. The number of aliphatic hydroxyl groups is 1. The number of hydrogen-bond donors (Lipinski definition) is 1. The number of hydrogen-bond acceptors (Lipinski definition) is 1. The summed E-state index contributed by atoms with van der Waals surface area (Å²) in [5.74, 6) is 0. The van der Waals surface area contributed by atoms with Crippen molar-refractivity contribution >= 4 is 0 Å². The van der Waals surface area contributed by atoms with Gasteiger partial charge in [0.25, 0.3) is 0 Å². The van der Waals surface area contributed by atoms with Gasteiger partial charge in [0, 0.05) is 26.1 Å². The Morgan fingerprint density at radius 3 is 0.633 bits per heavy atom. The van der Waals surface area contributed by atoms with Gasteiger partial charge in [0.15, 0.2) is 0 Å². The van der Waals surface area contributed by atoms with Crippen LogP contribution in [0, 0.1) is 0 Å². The van der Waals surface area contributed by atoms with Crippen LogP contribution in [0.3, 0.4) is 0 Å². The molecule has 0 aliphatic carbocycles. The molecule has 0 atom stereocenters. The van der Waals surface area contributed by atoms with Gasteiger partial charge in [-0.25, -0.2) is 0 Å². The molecule has 0 saturated heterocycles. The zero-order chi connectivity index (χ0) is 21.1. The Bertz CT molecular complexity index is 243. The van der Waals surface area contributed by atoms with E-state index >= 15 is 0 Å². The van der Waals surface area contributed by atoms with Gasteiger partial charge in [0.1, 0.15) is 0 Å². The van der Waals surface area contributed by atoms with E-state index in [0.29, 0.717) is 6.61 Å². The molecule has 0 rings (SSSR count). The van der Waals surface area contributed by atoms with Gasteiger partial charge in [0.2, 0.25) is 0 Å². The van der Waals surface area contributed by atoms with Gasteiger partial charge in [0.05, 0.1) is 0 Å². The van der Waals surface area contributed by atoms with Gasteiger partial charge in [-0.3, -0.25) is 0 Å². The molecule has 0 saturated carbocycles. The van der Waals surface area contributed by atoms with Crippen LogP contribution in [0.5, 0.6) is 0 Å². The van der Waals surface area contributed by atoms with Crippen molar-refractivity contribution in [3.63, 3.8) is 0 Å². The number of unbranched alkanes of at least 4 members (excludes halogenated alkanes) is 25. The molecule has 178 valence electrons.